The normalized spacial score (nSPS) is 10.6. The number of rotatable bonds is 6. The van der Waals surface area contributed by atoms with Gasteiger partial charge in [0.1, 0.15) is 17.2 Å². The average Bonchev–Trinajstić information content (AvgIpc) is 3.16. The molecule has 2 aromatic carbocycles. The summed E-state index contributed by atoms with van der Waals surface area (Å²) in [6.45, 7) is 0. The fraction of sp³-hybridized carbons (Fsp3) is 0.211. The third-order valence-corrected chi connectivity index (χ3v) is 5.62. The van der Waals surface area contributed by atoms with Gasteiger partial charge in [-0.2, -0.15) is 4.37 Å². The molecule has 0 aliphatic rings. The third kappa shape index (κ3) is 3.59. The highest BCUT2D eigenvalue weighted by Gasteiger charge is 2.18. The lowest BCUT2D eigenvalue weighted by Crippen LogP contribution is -1.94. The number of alkyl halides is 1. The van der Waals surface area contributed by atoms with Crippen molar-refractivity contribution in [2.24, 2.45) is 0 Å². The monoisotopic (exact) mass is 467 g/mol. The van der Waals surface area contributed by atoms with Gasteiger partial charge in [0.2, 0.25) is 0 Å². The van der Waals surface area contributed by atoms with Gasteiger partial charge in [0, 0.05) is 27.3 Å². The quantitative estimate of drug-likeness (QED) is 0.358. The molecule has 1 aromatic heterocycles. The zero-order valence-corrected chi connectivity index (χ0v) is 17.2. The number of benzene rings is 2. The van der Waals surface area contributed by atoms with Gasteiger partial charge in [0.15, 0.2) is 0 Å². The zero-order chi connectivity index (χ0) is 17.8. The van der Waals surface area contributed by atoms with Crippen molar-refractivity contribution in [1.29, 1.82) is 0 Å². The van der Waals surface area contributed by atoms with Crippen molar-refractivity contribution < 1.29 is 14.2 Å². The Kier molecular flexibility index (Phi) is 5.80. The molecule has 0 aliphatic carbocycles. The molecular weight excluding hydrogens is 449 g/mol. The smallest absolute Gasteiger partial charge is 0.128 e. The van der Waals surface area contributed by atoms with E-state index in [9.17, 15) is 0 Å². The second kappa shape index (κ2) is 8.05. The maximum atomic E-state index is 5.64. The summed E-state index contributed by atoms with van der Waals surface area (Å²) in [6.07, 6.45) is 1.89. The Morgan fingerprint density at radius 3 is 2.24 bits per heavy atom. The average molecular weight is 467 g/mol. The number of nitrogens with zero attached hydrogens (tertiary/aromatic N) is 1. The Labute approximate surface area is 165 Å². The van der Waals surface area contributed by atoms with Crippen molar-refractivity contribution in [3.05, 3.63) is 48.2 Å². The fourth-order valence-corrected chi connectivity index (χ4v) is 4.04. The summed E-state index contributed by atoms with van der Waals surface area (Å²) in [5.74, 6) is 2.52. The number of hydrogen-bond acceptors (Lipinski definition) is 5. The lowest BCUT2D eigenvalue weighted by Gasteiger charge is -2.14. The van der Waals surface area contributed by atoms with E-state index in [0.717, 1.165) is 48.8 Å². The topological polar surface area (TPSA) is 40.6 Å². The van der Waals surface area contributed by atoms with Crippen molar-refractivity contribution in [3.8, 4) is 38.8 Å². The van der Waals surface area contributed by atoms with Crippen LogP contribution < -0.4 is 14.2 Å². The number of halogens is 1. The first-order chi connectivity index (χ1) is 12.2. The number of aromatic nitrogens is 1. The molecule has 0 saturated heterocycles. The van der Waals surface area contributed by atoms with E-state index in [1.165, 1.54) is 11.5 Å². The van der Waals surface area contributed by atoms with Crippen LogP contribution in [0.15, 0.2) is 42.6 Å². The van der Waals surface area contributed by atoms with Crippen molar-refractivity contribution in [1.82, 2.24) is 4.37 Å². The molecule has 0 bridgehead atoms. The third-order valence-electron chi connectivity index (χ3n) is 3.96. The minimum atomic E-state index is 0.825. The maximum absolute atomic E-state index is 5.64. The molecule has 6 heteroatoms. The molecule has 0 saturated carbocycles. The van der Waals surface area contributed by atoms with Gasteiger partial charge in [0.05, 0.1) is 26.2 Å². The van der Waals surface area contributed by atoms with Gasteiger partial charge >= 0.3 is 0 Å². The van der Waals surface area contributed by atoms with Gasteiger partial charge in [0.25, 0.3) is 0 Å². The van der Waals surface area contributed by atoms with Crippen LogP contribution in [0.4, 0.5) is 0 Å². The molecule has 0 radical (unpaired) electrons. The van der Waals surface area contributed by atoms with Gasteiger partial charge in [-0.15, -0.1) is 0 Å². The van der Waals surface area contributed by atoms with Gasteiger partial charge < -0.3 is 14.2 Å². The van der Waals surface area contributed by atoms with Crippen molar-refractivity contribution in [2.75, 3.05) is 21.3 Å². The van der Waals surface area contributed by atoms with E-state index in [0.29, 0.717) is 0 Å². The molecule has 3 aromatic rings. The molecule has 0 N–H and O–H groups in total. The van der Waals surface area contributed by atoms with Crippen LogP contribution in [0.3, 0.4) is 0 Å². The Bertz CT molecular complexity index is 862. The predicted octanol–water partition coefficient (Wildman–Crippen LogP) is 5.44. The molecule has 130 valence electrons. The first kappa shape index (κ1) is 18.0. The number of ether oxygens (including phenoxy) is 3. The number of methoxy groups -OCH3 is 3. The number of hydrogen-bond donors (Lipinski definition) is 0. The summed E-state index contributed by atoms with van der Waals surface area (Å²) in [5, 5.41) is 0. The first-order valence-corrected chi connectivity index (χ1v) is 9.92. The molecule has 0 unspecified atom stereocenters. The van der Waals surface area contributed by atoms with E-state index in [4.69, 9.17) is 14.2 Å². The van der Waals surface area contributed by atoms with Gasteiger partial charge in [-0.05, 0) is 41.4 Å². The second-order valence-corrected chi connectivity index (χ2v) is 6.86. The minimum Gasteiger partial charge on any atom is -0.497 e. The summed E-state index contributed by atoms with van der Waals surface area (Å²) in [4.78, 5) is 1.06. The summed E-state index contributed by atoms with van der Waals surface area (Å²) in [6, 6.07) is 12.1. The second-order valence-electron chi connectivity index (χ2n) is 5.30. The van der Waals surface area contributed by atoms with Gasteiger partial charge in [-0.1, -0.05) is 34.7 Å². The first-order valence-electron chi connectivity index (χ1n) is 7.62. The van der Waals surface area contributed by atoms with Crippen LogP contribution in [0.25, 0.3) is 21.6 Å². The van der Waals surface area contributed by atoms with Crippen LogP contribution in [-0.2, 0) is 4.43 Å². The zero-order valence-electron chi connectivity index (χ0n) is 14.2. The lowest BCUT2D eigenvalue weighted by molar-refractivity contribution is 0.402. The molecular formula is C19H18INO3S. The summed E-state index contributed by atoms with van der Waals surface area (Å²) < 4.78 is 21.7. The molecule has 3 rings (SSSR count). The van der Waals surface area contributed by atoms with Crippen molar-refractivity contribution >= 4 is 34.1 Å². The SMILES string of the molecule is COc1ccc(-c2cnsc2-c2cc(OC)c(CI)cc2OC)cc1. The Morgan fingerprint density at radius 2 is 1.64 bits per heavy atom. The van der Waals surface area contributed by atoms with Crippen LogP contribution >= 0.6 is 34.1 Å². The van der Waals surface area contributed by atoms with Gasteiger partial charge in [-0.25, -0.2) is 0 Å². The standard InChI is InChI=1S/C19H18INO3S/c1-22-14-6-4-12(5-7-14)16-11-21-25-19(16)15-9-17(23-2)13(10-20)8-18(15)24-3/h4-9,11H,10H2,1-3H3. The van der Waals surface area contributed by atoms with E-state index >= 15 is 0 Å². The molecule has 0 amide bonds. The van der Waals surface area contributed by atoms with Crippen LogP contribution in [0.1, 0.15) is 5.56 Å². The lowest BCUT2D eigenvalue weighted by atomic mass is 10.0. The van der Waals surface area contributed by atoms with E-state index in [1.807, 2.05) is 42.6 Å². The fourth-order valence-electron chi connectivity index (χ4n) is 2.65. The van der Waals surface area contributed by atoms with E-state index in [1.54, 1.807) is 21.3 Å². The van der Waals surface area contributed by atoms with Crippen molar-refractivity contribution in [2.45, 2.75) is 4.43 Å². The molecule has 0 atom stereocenters. The highest BCUT2D eigenvalue weighted by atomic mass is 127. The van der Waals surface area contributed by atoms with Crippen LogP contribution in [0, 0.1) is 0 Å². The summed E-state index contributed by atoms with van der Waals surface area (Å²) in [5.41, 5.74) is 4.25. The van der Waals surface area contributed by atoms with Crippen LogP contribution in [0.5, 0.6) is 17.2 Å². The van der Waals surface area contributed by atoms with Crippen LogP contribution in [-0.4, -0.2) is 25.7 Å². The molecule has 25 heavy (non-hydrogen) atoms. The Morgan fingerprint density at radius 1 is 0.920 bits per heavy atom. The highest BCUT2D eigenvalue weighted by Crippen LogP contribution is 2.43. The summed E-state index contributed by atoms with van der Waals surface area (Å²) in [7, 11) is 5.05. The van der Waals surface area contributed by atoms with Gasteiger partial charge in [-0.3, -0.25) is 0 Å². The molecule has 0 fully saturated rings. The van der Waals surface area contributed by atoms with Crippen molar-refractivity contribution in [3.63, 3.8) is 0 Å². The van der Waals surface area contributed by atoms with E-state index in [-0.39, 0.29) is 0 Å². The summed E-state index contributed by atoms with van der Waals surface area (Å²) >= 11 is 3.78. The van der Waals surface area contributed by atoms with Crippen LogP contribution in [0.2, 0.25) is 0 Å². The molecule has 0 spiro atoms. The molecule has 4 nitrogen and oxygen atoms in total. The largest absolute Gasteiger partial charge is 0.497 e. The molecule has 1 heterocycles. The van der Waals surface area contributed by atoms with E-state index in [2.05, 4.69) is 27.0 Å². The maximum Gasteiger partial charge on any atom is 0.128 e. The molecule has 0 aliphatic heterocycles. The highest BCUT2D eigenvalue weighted by molar-refractivity contribution is 14.1. The Balaban J connectivity index is 2.13. The minimum absolute atomic E-state index is 0.825. The Hall–Kier alpha value is -1.80. The predicted molar refractivity (Wildman–Crippen MR) is 110 cm³/mol. The van der Waals surface area contributed by atoms with E-state index < -0.39 is 0 Å².